The van der Waals surface area contributed by atoms with E-state index in [2.05, 4.69) is 30.2 Å². The molecule has 2 aliphatic heterocycles. The van der Waals surface area contributed by atoms with Gasteiger partial charge in [-0.05, 0) is 29.3 Å². The van der Waals surface area contributed by atoms with Crippen LogP contribution in [0.2, 0.25) is 0 Å². The van der Waals surface area contributed by atoms with E-state index in [0.717, 1.165) is 45.7 Å². The fourth-order valence-electron chi connectivity index (χ4n) is 3.69. The molecule has 6 heteroatoms. The van der Waals surface area contributed by atoms with Gasteiger partial charge in [-0.2, -0.15) is 0 Å². The number of rotatable bonds is 5. The van der Waals surface area contributed by atoms with E-state index >= 15 is 0 Å². The van der Waals surface area contributed by atoms with Gasteiger partial charge in [-0.1, -0.05) is 13.8 Å². The third-order valence-electron chi connectivity index (χ3n) is 5.06. The Labute approximate surface area is 154 Å². The van der Waals surface area contributed by atoms with Gasteiger partial charge in [0.2, 0.25) is 11.8 Å². The summed E-state index contributed by atoms with van der Waals surface area (Å²) in [6.07, 6.45) is 1.63. The van der Waals surface area contributed by atoms with Crippen molar-refractivity contribution in [2.45, 2.75) is 39.7 Å². The number of hydrogen-bond acceptors (Lipinski definition) is 4. The Hall–Kier alpha value is -1.40. The monoisotopic (exact) mass is 363 g/mol. The molecular weight excluding hydrogens is 334 g/mol. The largest absolute Gasteiger partial charge is 0.340 e. The summed E-state index contributed by atoms with van der Waals surface area (Å²) in [6.45, 7) is 10.5. The van der Waals surface area contributed by atoms with Gasteiger partial charge in [0.05, 0.1) is 0 Å². The van der Waals surface area contributed by atoms with Crippen LogP contribution in [-0.2, 0) is 22.6 Å². The zero-order valence-electron chi connectivity index (χ0n) is 15.4. The van der Waals surface area contributed by atoms with Crippen LogP contribution in [0.3, 0.4) is 0 Å². The molecule has 2 amide bonds. The topological polar surface area (TPSA) is 43.9 Å². The minimum absolute atomic E-state index is 0.114. The molecule has 1 aromatic heterocycles. The number of thiophene rings is 1. The molecule has 0 atom stereocenters. The van der Waals surface area contributed by atoms with Gasteiger partial charge in [-0.25, -0.2) is 0 Å². The van der Waals surface area contributed by atoms with Gasteiger partial charge in [0.15, 0.2) is 0 Å². The predicted octanol–water partition coefficient (Wildman–Crippen LogP) is 2.21. The molecule has 0 N–H and O–H groups in total. The molecular formula is C19H29N3O2S. The summed E-state index contributed by atoms with van der Waals surface area (Å²) in [4.78, 5) is 32.5. The van der Waals surface area contributed by atoms with Crippen LogP contribution >= 0.6 is 11.3 Å². The highest BCUT2D eigenvalue weighted by Gasteiger charge is 2.24. The number of amides is 2. The van der Waals surface area contributed by atoms with E-state index in [1.165, 1.54) is 10.4 Å². The fourth-order valence-corrected chi connectivity index (χ4v) is 4.58. The van der Waals surface area contributed by atoms with Crippen molar-refractivity contribution in [3.05, 3.63) is 21.9 Å². The first kappa shape index (κ1) is 18.4. The quantitative estimate of drug-likeness (QED) is 0.806. The zero-order chi connectivity index (χ0) is 17.8. The van der Waals surface area contributed by atoms with Crippen molar-refractivity contribution >= 4 is 23.2 Å². The summed E-state index contributed by atoms with van der Waals surface area (Å²) in [5.74, 6) is 0.905. The average Bonchev–Trinajstić information content (AvgIpc) is 3.07. The number of nitrogens with zero attached hydrogens (tertiary/aromatic N) is 3. The molecule has 1 saturated heterocycles. The number of hydrogen-bond donors (Lipinski definition) is 0. The van der Waals surface area contributed by atoms with E-state index in [4.69, 9.17) is 0 Å². The predicted molar refractivity (Wildman–Crippen MR) is 101 cm³/mol. The maximum absolute atomic E-state index is 12.4. The van der Waals surface area contributed by atoms with Gasteiger partial charge in [0, 0.05) is 63.5 Å². The lowest BCUT2D eigenvalue weighted by atomic mass is 10.1. The van der Waals surface area contributed by atoms with Crippen LogP contribution in [0.25, 0.3) is 0 Å². The molecule has 0 aliphatic carbocycles. The molecule has 5 nitrogen and oxygen atoms in total. The molecule has 0 bridgehead atoms. The van der Waals surface area contributed by atoms with E-state index in [9.17, 15) is 9.59 Å². The van der Waals surface area contributed by atoms with Gasteiger partial charge < -0.3 is 9.80 Å². The fraction of sp³-hybridized carbons (Fsp3) is 0.684. The molecule has 0 spiro atoms. The molecule has 25 heavy (non-hydrogen) atoms. The van der Waals surface area contributed by atoms with Gasteiger partial charge in [-0.3, -0.25) is 14.5 Å². The Bertz CT molecular complexity index is 606. The minimum Gasteiger partial charge on any atom is -0.340 e. The highest BCUT2D eigenvalue weighted by Crippen LogP contribution is 2.24. The number of fused-ring (bicyclic) bond motifs is 1. The van der Waals surface area contributed by atoms with Crippen LogP contribution in [0.5, 0.6) is 0 Å². The van der Waals surface area contributed by atoms with Crippen molar-refractivity contribution in [3.8, 4) is 0 Å². The zero-order valence-corrected chi connectivity index (χ0v) is 16.2. The molecule has 0 aromatic carbocycles. The molecule has 2 aliphatic rings. The van der Waals surface area contributed by atoms with Crippen molar-refractivity contribution in [2.75, 3.05) is 39.3 Å². The van der Waals surface area contributed by atoms with Crippen LogP contribution in [-0.4, -0.2) is 65.8 Å². The summed E-state index contributed by atoms with van der Waals surface area (Å²) in [7, 11) is 0. The number of piperazine rings is 1. The van der Waals surface area contributed by atoms with Crippen molar-refractivity contribution in [3.63, 3.8) is 0 Å². The normalized spacial score (nSPS) is 18.5. The summed E-state index contributed by atoms with van der Waals surface area (Å²) >= 11 is 1.78. The Morgan fingerprint density at radius 1 is 1.04 bits per heavy atom. The lowest BCUT2D eigenvalue weighted by Crippen LogP contribution is -2.49. The van der Waals surface area contributed by atoms with Gasteiger partial charge in [0.25, 0.3) is 0 Å². The molecule has 3 rings (SSSR count). The van der Waals surface area contributed by atoms with Crippen LogP contribution < -0.4 is 0 Å². The second kappa shape index (κ2) is 8.32. The smallest absolute Gasteiger partial charge is 0.223 e. The molecule has 0 saturated carbocycles. The average molecular weight is 364 g/mol. The first-order valence-corrected chi connectivity index (χ1v) is 10.2. The molecule has 3 heterocycles. The van der Waals surface area contributed by atoms with E-state index in [1.807, 2.05) is 9.80 Å². The van der Waals surface area contributed by atoms with Gasteiger partial charge in [0.1, 0.15) is 0 Å². The highest BCUT2D eigenvalue weighted by atomic mass is 32.1. The Morgan fingerprint density at radius 2 is 1.72 bits per heavy atom. The maximum Gasteiger partial charge on any atom is 0.223 e. The summed E-state index contributed by atoms with van der Waals surface area (Å²) in [6, 6.07) is 2.11. The molecule has 1 fully saturated rings. The first-order chi connectivity index (χ1) is 12.0. The van der Waals surface area contributed by atoms with E-state index in [0.29, 0.717) is 25.3 Å². The standard InChI is InChI=1S/C19H29N3O2S/c1-15(2)13-20-8-10-21(11-9-20)18(23)3-4-19(24)22-7-5-17-16(14-22)6-12-25-17/h6,12,15H,3-5,7-11,13-14H2,1-2H3. The minimum atomic E-state index is 0.114. The van der Waals surface area contributed by atoms with E-state index in [-0.39, 0.29) is 11.8 Å². The highest BCUT2D eigenvalue weighted by molar-refractivity contribution is 7.10. The van der Waals surface area contributed by atoms with Crippen LogP contribution in [0, 0.1) is 5.92 Å². The van der Waals surface area contributed by atoms with Crippen LogP contribution in [0.15, 0.2) is 11.4 Å². The third kappa shape index (κ3) is 4.82. The van der Waals surface area contributed by atoms with Crippen molar-refractivity contribution in [1.29, 1.82) is 0 Å². The van der Waals surface area contributed by atoms with Crippen molar-refractivity contribution in [1.82, 2.24) is 14.7 Å². The second-order valence-corrected chi connectivity index (χ2v) is 8.51. The van der Waals surface area contributed by atoms with Gasteiger partial charge in [-0.15, -0.1) is 11.3 Å². The third-order valence-corrected chi connectivity index (χ3v) is 6.08. The lowest BCUT2D eigenvalue weighted by molar-refractivity contribution is -0.138. The van der Waals surface area contributed by atoms with Crippen molar-refractivity contribution in [2.24, 2.45) is 5.92 Å². The molecule has 138 valence electrons. The van der Waals surface area contributed by atoms with Crippen LogP contribution in [0.4, 0.5) is 0 Å². The van der Waals surface area contributed by atoms with E-state index < -0.39 is 0 Å². The molecule has 1 aromatic rings. The first-order valence-electron chi connectivity index (χ1n) is 9.36. The Morgan fingerprint density at radius 3 is 2.40 bits per heavy atom. The molecule has 0 radical (unpaired) electrons. The second-order valence-electron chi connectivity index (χ2n) is 7.51. The van der Waals surface area contributed by atoms with Crippen molar-refractivity contribution < 1.29 is 9.59 Å². The van der Waals surface area contributed by atoms with Gasteiger partial charge >= 0.3 is 0 Å². The number of carbonyl (C=O) groups excluding carboxylic acids is 2. The summed E-state index contributed by atoms with van der Waals surface area (Å²) in [5, 5.41) is 2.10. The Balaban J connectivity index is 1.40. The summed E-state index contributed by atoms with van der Waals surface area (Å²) in [5.41, 5.74) is 1.28. The number of carbonyl (C=O) groups is 2. The molecule has 0 unspecified atom stereocenters. The Kier molecular flexibility index (Phi) is 6.12. The van der Waals surface area contributed by atoms with Crippen LogP contribution in [0.1, 0.15) is 37.1 Å². The summed E-state index contributed by atoms with van der Waals surface area (Å²) < 4.78 is 0. The van der Waals surface area contributed by atoms with E-state index in [1.54, 1.807) is 11.3 Å². The lowest BCUT2D eigenvalue weighted by Gasteiger charge is -2.35. The SMILES string of the molecule is CC(C)CN1CCN(C(=O)CCC(=O)N2CCc3sccc3C2)CC1. The maximum atomic E-state index is 12.4.